The molecule has 0 aliphatic heterocycles. The van der Waals surface area contributed by atoms with Crippen molar-refractivity contribution < 1.29 is 9.53 Å². The molecule has 0 radical (unpaired) electrons. The van der Waals surface area contributed by atoms with Crippen LogP contribution >= 0.6 is 0 Å². The molecular weight excluding hydrogens is 264 g/mol. The maximum atomic E-state index is 11.7. The van der Waals surface area contributed by atoms with Crippen LogP contribution in [0.1, 0.15) is 75.4 Å². The maximum absolute atomic E-state index is 11.7. The molecule has 1 fully saturated rings. The minimum absolute atomic E-state index is 0.167. The second kappa shape index (κ2) is 7.62. The fourth-order valence-electron chi connectivity index (χ4n) is 3.44. The summed E-state index contributed by atoms with van der Waals surface area (Å²) in [6.07, 6.45) is 9.86. The van der Waals surface area contributed by atoms with Crippen molar-refractivity contribution in [1.29, 1.82) is 0 Å². The summed E-state index contributed by atoms with van der Waals surface area (Å²) in [5, 5.41) is 4.86. The Morgan fingerprint density at radius 3 is 2.38 bits per heavy atom. The molecule has 2 rings (SSSR count). The minimum Gasteiger partial charge on any atom is -0.469 e. The molecule has 1 aliphatic carbocycles. The number of carbonyl (C=O) groups excluding carboxylic acids is 1. The van der Waals surface area contributed by atoms with Gasteiger partial charge >= 0.3 is 5.97 Å². The van der Waals surface area contributed by atoms with Gasteiger partial charge in [0.1, 0.15) is 0 Å². The average Bonchev–Trinajstić information content (AvgIpc) is 2.68. The van der Waals surface area contributed by atoms with Gasteiger partial charge in [0.05, 0.1) is 25.3 Å². The van der Waals surface area contributed by atoms with E-state index in [-0.39, 0.29) is 5.97 Å². The predicted molar refractivity (Wildman–Crippen MR) is 83.4 cm³/mol. The Morgan fingerprint density at radius 2 is 1.86 bits per heavy atom. The predicted octanol–water partition coefficient (Wildman–Crippen LogP) is 3.62. The summed E-state index contributed by atoms with van der Waals surface area (Å²) in [5.74, 6) is -0.167. The third-order valence-electron chi connectivity index (χ3n) is 4.59. The Hall–Kier alpha value is -1.32. The molecule has 0 N–H and O–H groups in total. The third-order valence-corrected chi connectivity index (χ3v) is 4.59. The number of hydrogen-bond acceptors (Lipinski definition) is 3. The monoisotopic (exact) mass is 292 g/mol. The zero-order valence-corrected chi connectivity index (χ0v) is 13.7. The molecule has 1 aliphatic rings. The van der Waals surface area contributed by atoms with Crippen LogP contribution in [0.15, 0.2) is 0 Å². The quantitative estimate of drug-likeness (QED) is 0.615. The first-order valence-corrected chi connectivity index (χ1v) is 8.37. The van der Waals surface area contributed by atoms with Crippen molar-refractivity contribution in [2.75, 3.05) is 7.11 Å². The van der Waals surface area contributed by atoms with Gasteiger partial charge in [0.25, 0.3) is 0 Å². The molecule has 1 saturated carbocycles. The van der Waals surface area contributed by atoms with E-state index in [1.807, 2.05) is 0 Å². The lowest BCUT2D eigenvalue weighted by Gasteiger charge is -2.18. The highest BCUT2D eigenvalue weighted by Crippen LogP contribution is 2.30. The number of hydrogen-bond donors (Lipinski definition) is 0. The number of rotatable bonds is 5. The van der Waals surface area contributed by atoms with Gasteiger partial charge in [-0.25, -0.2) is 0 Å². The molecule has 21 heavy (non-hydrogen) atoms. The first-order chi connectivity index (χ1) is 10.2. The summed E-state index contributed by atoms with van der Waals surface area (Å²) in [4.78, 5) is 11.7. The van der Waals surface area contributed by atoms with Gasteiger partial charge in [-0.2, -0.15) is 5.10 Å². The molecule has 1 aromatic heterocycles. The number of esters is 1. The summed E-state index contributed by atoms with van der Waals surface area (Å²) >= 11 is 0. The van der Waals surface area contributed by atoms with Crippen LogP contribution in [0.2, 0.25) is 0 Å². The number of aryl methyl sites for hydroxylation is 1. The Balaban J connectivity index is 2.34. The lowest BCUT2D eigenvalue weighted by molar-refractivity contribution is -0.139. The molecule has 4 heteroatoms. The van der Waals surface area contributed by atoms with Gasteiger partial charge in [0.15, 0.2) is 0 Å². The Morgan fingerprint density at radius 1 is 1.19 bits per heavy atom. The van der Waals surface area contributed by atoms with Crippen LogP contribution in [0, 0.1) is 0 Å². The number of methoxy groups -OCH3 is 1. The fourth-order valence-corrected chi connectivity index (χ4v) is 3.44. The van der Waals surface area contributed by atoms with Crippen LogP contribution in [0.3, 0.4) is 0 Å². The van der Waals surface area contributed by atoms with Gasteiger partial charge in [0, 0.05) is 11.3 Å². The van der Waals surface area contributed by atoms with Crippen molar-refractivity contribution in [2.24, 2.45) is 0 Å². The molecule has 0 bridgehead atoms. The van der Waals surface area contributed by atoms with Crippen LogP contribution in [0.25, 0.3) is 0 Å². The van der Waals surface area contributed by atoms with E-state index in [0.29, 0.717) is 12.5 Å². The second-order valence-electron chi connectivity index (χ2n) is 5.92. The normalized spacial score (nSPS) is 16.7. The Bertz CT molecular complexity index is 471. The van der Waals surface area contributed by atoms with Gasteiger partial charge in [-0.05, 0) is 25.7 Å². The van der Waals surface area contributed by atoms with Gasteiger partial charge in [-0.3, -0.25) is 9.48 Å². The van der Waals surface area contributed by atoms with Gasteiger partial charge in [-0.15, -0.1) is 0 Å². The van der Waals surface area contributed by atoms with Crippen LogP contribution in [0.5, 0.6) is 0 Å². The van der Waals surface area contributed by atoms with Crippen molar-refractivity contribution >= 4 is 5.97 Å². The van der Waals surface area contributed by atoms with Crippen molar-refractivity contribution in [3.63, 3.8) is 0 Å². The smallest absolute Gasteiger partial charge is 0.310 e. The van der Waals surface area contributed by atoms with E-state index >= 15 is 0 Å². The van der Waals surface area contributed by atoms with E-state index in [2.05, 4.69) is 18.5 Å². The summed E-state index contributed by atoms with van der Waals surface area (Å²) in [5.41, 5.74) is 3.42. The molecular formula is C17H28N2O2. The highest BCUT2D eigenvalue weighted by atomic mass is 16.5. The Labute approximate surface area is 127 Å². The largest absolute Gasteiger partial charge is 0.469 e. The molecule has 0 saturated heterocycles. The van der Waals surface area contributed by atoms with Gasteiger partial charge < -0.3 is 4.74 Å². The number of nitrogens with zero attached hydrogens (tertiary/aromatic N) is 2. The van der Waals surface area contributed by atoms with E-state index in [1.54, 1.807) is 0 Å². The molecule has 1 aromatic rings. The van der Waals surface area contributed by atoms with Crippen LogP contribution in [0.4, 0.5) is 0 Å². The zero-order valence-electron chi connectivity index (χ0n) is 13.7. The Kier molecular flexibility index (Phi) is 5.83. The molecule has 0 aromatic carbocycles. The van der Waals surface area contributed by atoms with E-state index < -0.39 is 0 Å². The molecule has 4 nitrogen and oxygen atoms in total. The minimum atomic E-state index is -0.167. The standard InChI is InChI=1S/C17H28N2O2/c1-4-15-14(12-17(20)21-3)16(5-2)19(18-15)13-10-8-6-7-9-11-13/h13H,4-12H2,1-3H3. The van der Waals surface area contributed by atoms with E-state index in [1.165, 1.54) is 51.3 Å². The first-order valence-electron chi connectivity index (χ1n) is 8.37. The van der Waals surface area contributed by atoms with Crippen molar-refractivity contribution in [3.05, 3.63) is 17.0 Å². The number of carbonyl (C=O) groups is 1. The molecule has 0 spiro atoms. The van der Waals surface area contributed by atoms with Gasteiger partial charge in [0.2, 0.25) is 0 Å². The van der Waals surface area contributed by atoms with E-state index in [0.717, 1.165) is 24.1 Å². The van der Waals surface area contributed by atoms with Crippen LogP contribution < -0.4 is 0 Å². The molecule has 118 valence electrons. The lowest BCUT2D eigenvalue weighted by atomic mass is 10.0. The molecule has 1 heterocycles. The van der Waals surface area contributed by atoms with E-state index in [9.17, 15) is 4.79 Å². The number of ether oxygens (including phenoxy) is 1. The van der Waals surface area contributed by atoms with Crippen LogP contribution in [-0.2, 0) is 28.8 Å². The average molecular weight is 292 g/mol. The molecule has 0 unspecified atom stereocenters. The summed E-state index contributed by atoms with van der Waals surface area (Å²) in [6, 6.07) is 0.513. The SMILES string of the molecule is CCc1nn(C2CCCCCC2)c(CC)c1CC(=O)OC. The second-order valence-corrected chi connectivity index (χ2v) is 5.92. The van der Waals surface area contributed by atoms with Crippen molar-refractivity contribution in [1.82, 2.24) is 9.78 Å². The third kappa shape index (κ3) is 3.66. The van der Waals surface area contributed by atoms with Gasteiger partial charge in [-0.1, -0.05) is 39.5 Å². The number of aromatic nitrogens is 2. The summed E-state index contributed by atoms with van der Waals surface area (Å²) < 4.78 is 7.09. The van der Waals surface area contributed by atoms with Crippen LogP contribution in [-0.4, -0.2) is 22.9 Å². The molecule has 0 amide bonds. The zero-order chi connectivity index (χ0) is 15.2. The molecule has 0 atom stereocenters. The lowest BCUT2D eigenvalue weighted by Crippen LogP contribution is -2.14. The van der Waals surface area contributed by atoms with E-state index in [4.69, 9.17) is 9.84 Å². The summed E-state index contributed by atoms with van der Waals surface area (Å²) in [7, 11) is 1.45. The van der Waals surface area contributed by atoms with Crippen molar-refractivity contribution in [2.45, 2.75) is 77.7 Å². The highest BCUT2D eigenvalue weighted by molar-refractivity contribution is 5.73. The first kappa shape index (κ1) is 16.1. The van der Waals surface area contributed by atoms with Crippen molar-refractivity contribution in [3.8, 4) is 0 Å². The highest BCUT2D eigenvalue weighted by Gasteiger charge is 2.23. The summed E-state index contributed by atoms with van der Waals surface area (Å²) in [6.45, 7) is 4.27. The maximum Gasteiger partial charge on any atom is 0.310 e. The fraction of sp³-hybridized carbons (Fsp3) is 0.765. The topological polar surface area (TPSA) is 44.1 Å².